The van der Waals surface area contributed by atoms with Crippen molar-refractivity contribution in [1.29, 1.82) is 5.26 Å². The molecule has 0 bridgehead atoms. The molecule has 140 valence electrons. The van der Waals surface area contributed by atoms with E-state index < -0.39 is 11.7 Å². The van der Waals surface area contributed by atoms with Crippen LogP contribution in [-0.4, -0.2) is 27.2 Å². The number of carbonyl (C=O) groups is 1. The number of methoxy groups -OCH3 is 3. The van der Waals surface area contributed by atoms with Crippen LogP contribution in [0.1, 0.15) is 5.56 Å². The van der Waals surface area contributed by atoms with E-state index in [2.05, 4.69) is 5.32 Å². The Kier molecular flexibility index (Phi) is 6.63. The van der Waals surface area contributed by atoms with Gasteiger partial charge in [0.15, 0.2) is 11.5 Å². The standard InChI is InChI=1S/C19H16ClFN2O4/c1-25-16-7-4-11(17(26-2)18(16)27-3)8-12(10-22)19(24)23-13-5-6-15(21)14(20)9-13/h4-9H,1-3H3,(H,23,24)/b12-8+. The van der Waals surface area contributed by atoms with Gasteiger partial charge in [-0.1, -0.05) is 11.6 Å². The summed E-state index contributed by atoms with van der Waals surface area (Å²) in [5.41, 5.74) is 0.506. The highest BCUT2D eigenvalue weighted by Gasteiger charge is 2.17. The number of hydrogen-bond donors (Lipinski definition) is 1. The molecule has 0 aliphatic heterocycles. The number of ether oxygens (including phenoxy) is 3. The molecule has 0 atom stereocenters. The Balaban J connectivity index is 2.39. The normalized spacial score (nSPS) is 10.7. The van der Waals surface area contributed by atoms with Crippen molar-refractivity contribution < 1.29 is 23.4 Å². The van der Waals surface area contributed by atoms with E-state index in [1.54, 1.807) is 12.1 Å². The molecule has 0 aliphatic carbocycles. The van der Waals surface area contributed by atoms with Crippen molar-refractivity contribution in [2.45, 2.75) is 0 Å². The smallest absolute Gasteiger partial charge is 0.266 e. The maximum Gasteiger partial charge on any atom is 0.266 e. The molecule has 0 spiro atoms. The van der Waals surface area contributed by atoms with Gasteiger partial charge < -0.3 is 19.5 Å². The van der Waals surface area contributed by atoms with Crippen molar-refractivity contribution in [1.82, 2.24) is 0 Å². The summed E-state index contributed by atoms with van der Waals surface area (Å²) in [5, 5.41) is 11.7. The highest BCUT2D eigenvalue weighted by molar-refractivity contribution is 6.31. The van der Waals surface area contributed by atoms with Crippen molar-refractivity contribution in [2.24, 2.45) is 0 Å². The molecule has 2 aromatic carbocycles. The second-order valence-electron chi connectivity index (χ2n) is 5.18. The van der Waals surface area contributed by atoms with E-state index in [1.165, 1.54) is 39.5 Å². The van der Waals surface area contributed by atoms with E-state index >= 15 is 0 Å². The van der Waals surface area contributed by atoms with Crippen LogP contribution >= 0.6 is 11.6 Å². The minimum atomic E-state index is -0.683. The van der Waals surface area contributed by atoms with Crippen LogP contribution < -0.4 is 19.5 Å². The van der Waals surface area contributed by atoms with Crippen LogP contribution in [0.5, 0.6) is 17.2 Å². The summed E-state index contributed by atoms with van der Waals surface area (Å²) in [6.07, 6.45) is 1.35. The molecule has 2 rings (SSSR count). The van der Waals surface area contributed by atoms with Gasteiger partial charge in [-0.25, -0.2) is 4.39 Å². The van der Waals surface area contributed by atoms with Gasteiger partial charge in [0.1, 0.15) is 17.5 Å². The lowest BCUT2D eigenvalue weighted by molar-refractivity contribution is -0.112. The molecule has 8 heteroatoms. The third kappa shape index (κ3) is 4.49. The maximum absolute atomic E-state index is 13.2. The van der Waals surface area contributed by atoms with Crippen molar-refractivity contribution in [2.75, 3.05) is 26.6 Å². The van der Waals surface area contributed by atoms with Crippen LogP contribution in [0.25, 0.3) is 6.08 Å². The molecular weight excluding hydrogens is 375 g/mol. The van der Waals surface area contributed by atoms with Gasteiger partial charge in [-0.3, -0.25) is 4.79 Å². The number of amides is 1. The Bertz CT molecular complexity index is 938. The second-order valence-corrected chi connectivity index (χ2v) is 5.58. The third-order valence-electron chi connectivity index (χ3n) is 3.58. The Hall–Kier alpha value is -3.24. The van der Waals surface area contributed by atoms with E-state index in [9.17, 15) is 14.4 Å². The number of rotatable bonds is 6. The number of carbonyl (C=O) groups excluding carboxylic acids is 1. The molecule has 0 fully saturated rings. The van der Waals surface area contributed by atoms with Gasteiger partial charge in [0.2, 0.25) is 5.75 Å². The van der Waals surface area contributed by atoms with Gasteiger partial charge in [0.25, 0.3) is 5.91 Å². The van der Waals surface area contributed by atoms with Crippen molar-refractivity contribution in [3.8, 4) is 23.3 Å². The van der Waals surface area contributed by atoms with Crippen LogP contribution in [0.4, 0.5) is 10.1 Å². The molecule has 27 heavy (non-hydrogen) atoms. The predicted octanol–water partition coefficient (Wildman–Crippen LogP) is 4.05. The third-order valence-corrected chi connectivity index (χ3v) is 3.87. The molecular formula is C19H16ClFN2O4. The first-order chi connectivity index (χ1) is 12.9. The lowest BCUT2D eigenvalue weighted by Crippen LogP contribution is -2.13. The van der Waals surface area contributed by atoms with E-state index in [0.29, 0.717) is 22.8 Å². The SMILES string of the molecule is COc1ccc(/C=C(\C#N)C(=O)Nc2ccc(F)c(Cl)c2)c(OC)c1OC. The van der Waals surface area contributed by atoms with Crippen LogP contribution in [0.3, 0.4) is 0 Å². The summed E-state index contributed by atoms with van der Waals surface area (Å²) < 4.78 is 29.0. The average molecular weight is 391 g/mol. The highest BCUT2D eigenvalue weighted by atomic mass is 35.5. The fourth-order valence-electron chi connectivity index (χ4n) is 2.31. The van der Waals surface area contributed by atoms with Gasteiger partial charge >= 0.3 is 0 Å². The summed E-state index contributed by atoms with van der Waals surface area (Å²) in [5.74, 6) is -0.216. The van der Waals surface area contributed by atoms with Crippen LogP contribution in [0.2, 0.25) is 5.02 Å². The maximum atomic E-state index is 13.2. The van der Waals surface area contributed by atoms with Crippen LogP contribution in [-0.2, 0) is 4.79 Å². The van der Waals surface area contributed by atoms with Crippen molar-refractivity contribution in [3.05, 3.63) is 52.3 Å². The van der Waals surface area contributed by atoms with Crippen LogP contribution in [0.15, 0.2) is 35.9 Å². The summed E-state index contributed by atoms with van der Waals surface area (Å²) >= 11 is 5.69. The molecule has 2 aromatic rings. The topological polar surface area (TPSA) is 80.6 Å². The molecule has 0 heterocycles. The molecule has 0 radical (unpaired) electrons. The largest absolute Gasteiger partial charge is 0.493 e. The minimum absolute atomic E-state index is 0.142. The number of halogens is 2. The number of nitrogens with one attached hydrogen (secondary N) is 1. The number of benzene rings is 2. The van der Waals surface area contributed by atoms with Crippen molar-refractivity contribution >= 4 is 29.3 Å². The zero-order valence-electron chi connectivity index (χ0n) is 14.8. The molecule has 0 saturated carbocycles. The van der Waals surface area contributed by atoms with Gasteiger partial charge in [-0.05, 0) is 36.4 Å². The van der Waals surface area contributed by atoms with E-state index in [4.69, 9.17) is 25.8 Å². The van der Waals surface area contributed by atoms with Gasteiger partial charge in [0, 0.05) is 11.3 Å². The molecule has 0 aliphatic rings. The predicted molar refractivity (Wildman–Crippen MR) is 99.7 cm³/mol. The second kappa shape index (κ2) is 8.92. The molecule has 0 unspecified atom stereocenters. The number of nitrogens with zero attached hydrogens (tertiary/aromatic N) is 1. The number of nitriles is 1. The molecule has 6 nitrogen and oxygen atoms in total. The van der Waals surface area contributed by atoms with Gasteiger partial charge in [-0.15, -0.1) is 0 Å². The summed E-state index contributed by atoms with van der Waals surface area (Å²) in [6.45, 7) is 0. The molecule has 0 saturated heterocycles. The fraction of sp³-hybridized carbons (Fsp3) is 0.158. The Morgan fingerprint density at radius 1 is 1.15 bits per heavy atom. The Morgan fingerprint density at radius 3 is 2.41 bits per heavy atom. The van der Waals surface area contributed by atoms with Crippen LogP contribution in [0, 0.1) is 17.1 Å². The lowest BCUT2D eigenvalue weighted by Gasteiger charge is -2.14. The summed E-state index contributed by atoms with van der Waals surface area (Å²) in [7, 11) is 4.36. The Morgan fingerprint density at radius 2 is 1.85 bits per heavy atom. The fourth-order valence-corrected chi connectivity index (χ4v) is 2.50. The average Bonchev–Trinajstić information content (AvgIpc) is 2.67. The van der Waals surface area contributed by atoms with E-state index in [0.717, 1.165) is 6.07 Å². The van der Waals surface area contributed by atoms with Gasteiger partial charge in [-0.2, -0.15) is 5.26 Å². The van der Waals surface area contributed by atoms with E-state index in [-0.39, 0.29) is 16.3 Å². The zero-order valence-corrected chi connectivity index (χ0v) is 15.6. The first-order valence-corrected chi connectivity index (χ1v) is 8.00. The lowest BCUT2D eigenvalue weighted by atomic mass is 10.1. The van der Waals surface area contributed by atoms with E-state index in [1.807, 2.05) is 6.07 Å². The first kappa shape index (κ1) is 20.1. The molecule has 0 aromatic heterocycles. The summed E-state index contributed by atoms with van der Waals surface area (Å²) in [6, 6.07) is 8.78. The highest BCUT2D eigenvalue weighted by Crippen LogP contribution is 2.40. The summed E-state index contributed by atoms with van der Waals surface area (Å²) in [4.78, 5) is 12.4. The molecule has 1 N–H and O–H groups in total. The zero-order chi connectivity index (χ0) is 20.0. The first-order valence-electron chi connectivity index (χ1n) is 7.62. The monoisotopic (exact) mass is 390 g/mol. The Labute approximate surface area is 160 Å². The number of hydrogen-bond acceptors (Lipinski definition) is 5. The quantitative estimate of drug-likeness (QED) is 0.594. The minimum Gasteiger partial charge on any atom is -0.493 e. The van der Waals surface area contributed by atoms with Crippen molar-refractivity contribution in [3.63, 3.8) is 0 Å². The van der Waals surface area contributed by atoms with Gasteiger partial charge in [0.05, 0.1) is 26.4 Å². The number of anilines is 1. The molecule has 1 amide bonds.